The van der Waals surface area contributed by atoms with Gasteiger partial charge in [-0.3, -0.25) is 4.79 Å². The van der Waals surface area contributed by atoms with Crippen LogP contribution < -0.4 is 11.1 Å². The predicted molar refractivity (Wildman–Crippen MR) is 90.8 cm³/mol. The van der Waals surface area contributed by atoms with Crippen LogP contribution in [0.2, 0.25) is 0 Å². The van der Waals surface area contributed by atoms with Crippen molar-refractivity contribution >= 4 is 16.8 Å². The molecule has 0 radical (unpaired) electrons. The Bertz CT molecular complexity index is 603. The number of carbonyl (C=O) groups is 1. The fourth-order valence-corrected chi connectivity index (χ4v) is 2.64. The third-order valence-electron chi connectivity index (χ3n) is 4.07. The first-order valence-corrected chi connectivity index (χ1v) is 7.96. The highest BCUT2D eigenvalue weighted by Gasteiger charge is 2.15. The summed E-state index contributed by atoms with van der Waals surface area (Å²) in [4.78, 5) is 17.6. The number of nitrogens with one attached hydrogen (secondary N) is 2. The van der Waals surface area contributed by atoms with Gasteiger partial charge in [0.2, 0.25) is 5.91 Å². The van der Waals surface area contributed by atoms with Crippen LogP contribution in [0.1, 0.15) is 19.4 Å². The fourth-order valence-electron chi connectivity index (χ4n) is 2.64. The Labute approximate surface area is 131 Å². The lowest BCUT2D eigenvalue weighted by molar-refractivity contribution is -0.122. The maximum Gasteiger partial charge on any atom is 0.237 e. The van der Waals surface area contributed by atoms with E-state index in [2.05, 4.69) is 29.0 Å². The van der Waals surface area contributed by atoms with Gasteiger partial charge in [0.05, 0.1) is 6.04 Å². The number of carbonyl (C=O) groups excluding carboxylic acids is 1. The lowest BCUT2D eigenvalue weighted by Gasteiger charge is -2.19. The quantitative estimate of drug-likeness (QED) is 0.692. The zero-order chi connectivity index (χ0) is 15.9. The van der Waals surface area contributed by atoms with Gasteiger partial charge in [-0.1, -0.05) is 32.0 Å². The molecule has 2 rings (SSSR count). The Morgan fingerprint density at radius 3 is 2.77 bits per heavy atom. The van der Waals surface area contributed by atoms with Gasteiger partial charge in [0.25, 0.3) is 0 Å². The van der Waals surface area contributed by atoms with Crippen molar-refractivity contribution in [3.63, 3.8) is 0 Å². The van der Waals surface area contributed by atoms with Crippen LogP contribution in [0, 0.1) is 0 Å². The second kappa shape index (κ2) is 7.96. The van der Waals surface area contributed by atoms with Crippen LogP contribution in [0.25, 0.3) is 10.9 Å². The number of hydrogen-bond donors (Lipinski definition) is 3. The van der Waals surface area contributed by atoms with Gasteiger partial charge >= 0.3 is 0 Å². The van der Waals surface area contributed by atoms with E-state index in [1.807, 2.05) is 30.5 Å². The topological polar surface area (TPSA) is 74.2 Å². The molecular formula is C17H26N4O. The molecule has 0 fully saturated rings. The summed E-state index contributed by atoms with van der Waals surface area (Å²) in [7, 11) is 0. The average Bonchev–Trinajstić information content (AvgIpc) is 2.94. The molecule has 1 atom stereocenters. The molecule has 22 heavy (non-hydrogen) atoms. The summed E-state index contributed by atoms with van der Waals surface area (Å²) in [5, 5.41) is 4.06. The molecule has 5 nitrogen and oxygen atoms in total. The zero-order valence-corrected chi connectivity index (χ0v) is 13.4. The minimum atomic E-state index is -0.518. The number of nitrogens with zero attached hydrogens (tertiary/aromatic N) is 1. The molecule has 1 aromatic carbocycles. The molecule has 0 aliphatic heterocycles. The Morgan fingerprint density at radius 1 is 1.32 bits per heavy atom. The highest BCUT2D eigenvalue weighted by atomic mass is 16.2. The average molecular weight is 302 g/mol. The monoisotopic (exact) mass is 302 g/mol. The fraction of sp³-hybridized carbons (Fsp3) is 0.471. The molecule has 4 N–H and O–H groups in total. The maximum absolute atomic E-state index is 12.1. The van der Waals surface area contributed by atoms with Crippen molar-refractivity contribution in [2.45, 2.75) is 26.3 Å². The zero-order valence-electron chi connectivity index (χ0n) is 13.4. The normalized spacial score (nSPS) is 12.7. The van der Waals surface area contributed by atoms with E-state index in [1.54, 1.807) is 0 Å². The number of benzene rings is 1. The number of para-hydroxylation sites is 1. The summed E-state index contributed by atoms with van der Waals surface area (Å²) in [5.41, 5.74) is 8.20. The van der Waals surface area contributed by atoms with Gasteiger partial charge in [-0.15, -0.1) is 0 Å². The first kappa shape index (κ1) is 16.5. The largest absolute Gasteiger partial charge is 0.361 e. The number of rotatable bonds is 8. The second-order valence-electron chi connectivity index (χ2n) is 5.49. The van der Waals surface area contributed by atoms with E-state index in [9.17, 15) is 4.79 Å². The molecule has 1 heterocycles. The summed E-state index contributed by atoms with van der Waals surface area (Å²) in [6, 6.07) is 7.54. The molecule has 0 unspecified atom stereocenters. The molecule has 1 amide bonds. The smallest absolute Gasteiger partial charge is 0.237 e. The summed E-state index contributed by atoms with van der Waals surface area (Å²) >= 11 is 0. The third-order valence-corrected chi connectivity index (χ3v) is 4.07. The third kappa shape index (κ3) is 4.08. The minimum absolute atomic E-state index is 0.0857. The van der Waals surface area contributed by atoms with Crippen molar-refractivity contribution in [1.82, 2.24) is 15.2 Å². The molecule has 0 aliphatic rings. The summed E-state index contributed by atoms with van der Waals surface area (Å²) in [5.74, 6) is -0.0857. The van der Waals surface area contributed by atoms with Gasteiger partial charge in [0, 0.05) is 30.2 Å². The van der Waals surface area contributed by atoms with Crippen LogP contribution >= 0.6 is 0 Å². The number of aromatic amines is 1. The number of H-pyrrole nitrogens is 1. The molecule has 5 heteroatoms. The SMILES string of the molecule is CCN(CC)CCNC(=O)[C@@H](N)Cc1c[nH]c2ccccc12. The summed E-state index contributed by atoms with van der Waals surface area (Å²) in [6.07, 6.45) is 2.48. The van der Waals surface area contributed by atoms with E-state index in [0.717, 1.165) is 36.1 Å². The lowest BCUT2D eigenvalue weighted by Crippen LogP contribution is -2.44. The number of fused-ring (bicyclic) bond motifs is 1. The minimum Gasteiger partial charge on any atom is -0.361 e. The molecular weight excluding hydrogens is 276 g/mol. The van der Waals surface area contributed by atoms with E-state index in [1.165, 1.54) is 0 Å². The maximum atomic E-state index is 12.1. The molecule has 0 saturated heterocycles. The molecule has 2 aromatic rings. The van der Waals surface area contributed by atoms with Crippen molar-refractivity contribution in [3.05, 3.63) is 36.0 Å². The Kier molecular flexibility index (Phi) is 5.98. The second-order valence-corrected chi connectivity index (χ2v) is 5.49. The van der Waals surface area contributed by atoms with E-state index in [0.29, 0.717) is 13.0 Å². The Hall–Kier alpha value is -1.85. The van der Waals surface area contributed by atoms with E-state index < -0.39 is 6.04 Å². The van der Waals surface area contributed by atoms with Gasteiger partial charge < -0.3 is 20.9 Å². The number of hydrogen-bond acceptors (Lipinski definition) is 3. The number of likely N-dealkylation sites (N-methyl/N-ethyl adjacent to an activating group) is 1. The van der Waals surface area contributed by atoms with Crippen LogP contribution in [0.4, 0.5) is 0 Å². The van der Waals surface area contributed by atoms with Gasteiger partial charge in [-0.05, 0) is 31.1 Å². The first-order valence-electron chi connectivity index (χ1n) is 7.96. The summed E-state index contributed by atoms with van der Waals surface area (Å²) < 4.78 is 0. The van der Waals surface area contributed by atoms with Crippen LogP contribution in [0.5, 0.6) is 0 Å². The van der Waals surface area contributed by atoms with E-state index in [-0.39, 0.29) is 5.91 Å². The molecule has 120 valence electrons. The van der Waals surface area contributed by atoms with Crippen molar-refractivity contribution in [2.24, 2.45) is 5.73 Å². The highest BCUT2D eigenvalue weighted by molar-refractivity contribution is 5.86. The van der Waals surface area contributed by atoms with Crippen molar-refractivity contribution in [1.29, 1.82) is 0 Å². The first-order chi connectivity index (χ1) is 10.7. The summed E-state index contributed by atoms with van der Waals surface area (Å²) in [6.45, 7) is 7.73. The molecule has 0 bridgehead atoms. The van der Waals surface area contributed by atoms with Gasteiger partial charge in [-0.2, -0.15) is 0 Å². The number of amides is 1. The van der Waals surface area contributed by atoms with Crippen LogP contribution in [0.15, 0.2) is 30.5 Å². The van der Waals surface area contributed by atoms with Crippen LogP contribution in [0.3, 0.4) is 0 Å². The predicted octanol–water partition coefficient (Wildman–Crippen LogP) is 1.50. The van der Waals surface area contributed by atoms with Gasteiger partial charge in [0.15, 0.2) is 0 Å². The van der Waals surface area contributed by atoms with Crippen LogP contribution in [-0.4, -0.2) is 48.0 Å². The van der Waals surface area contributed by atoms with Gasteiger partial charge in [0.1, 0.15) is 0 Å². The molecule has 0 aliphatic carbocycles. The highest BCUT2D eigenvalue weighted by Crippen LogP contribution is 2.18. The van der Waals surface area contributed by atoms with Gasteiger partial charge in [-0.25, -0.2) is 0 Å². The van der Waals surface area contributed by atoms with Crippen molar-refractivity contribution < 1.29 is 4.79 Å². The number of nitrogens with two attached hydrogens (primary N) is 1. The van der Waals surface area contributed by atoms with E-state index in [4.69, 9.17) is 5.73 Å². The standard InChI is InChI=1S/C17H26N4O/c1-3-21(4-2)10-9-19-17(22)15(18)11-13-12-20-16-8-6-5-7-14(13)16/h5-8,12,15,20H,3-4,9-11,18H2,1-2H3,(H,19,22)/t15-/m0/s1. The Morgan fingerprint density at radius 2 is 2.05 bits per heavy atom. The van der Waals surface area contributed by atoms with Crippen LogP contribution in [-0.2, 0) is 11.2 Å². The molecule has 0 saturated carbocycles. The van der Waals surface area contributed by atoms with Crippen molar-refractivity contribution in [2.75, 3.05) is 26.2 Å². The van der Waals surface area contributed by atoms with Crippen molar-refractivity contribution in [3.8, 4) is 0 Å². The molecule has 0 spiro atoms. The van der Waals surface area contributed by atoms with E-state index >= 15 is 0 Å². The lowest BCUT2D eigenvalue weighted by atomic mass is 10.1. The molecule has 1 aromatic heterocycles. The number of aromatic nitrogens is 1. The Balaban J connectivity index is 1.86.